The van der Waals surface area contributed by atoms with Gasteiger partial charge in [-0.05, 0) is 6.54 Å². The standard InChI is InChI=1S/C12H20N2O5/c1-2-13-9-6-19-5-8(9)11(15)14-3-4-18-7-10(14)12(16)17/h8-10,13H,2-7H2,1H3,(H,16,17). The minimum atomic E-state index is -1.02. The van der Waals surface area contributed by atoms with Crippen molar-refractivity contribution in [3.63, 3.8) is 0 Å². The summed E-state index contributed by atoms with van der Waals surface area (Å²) >= 11 is 0. The van der Waals surface area contributed by atoms with Crippen LogP contribution in [0.3, 0.4) is 0 Å². The maximum Gasteiger partial charge on any atom is 0.328 e. The molecule has 7 nitrogen and oxygen atoms in total. The third kappa shape index (κ3) is 3.05. The normalized spacial score (nSPS) is 31.4. The van der Waals surface area contributed by atoms with Gasteiger partial charge in [-0.25, -0.2) is 4.79 Å². The molecular formula is C12H20N2O5. The fraction of sp³-hybridized carbons (Fsp3) is 0.833. The second kappa shape index (κ2) is 6.31. The first-order valence-corrected chi connectivity index (χ1v) is 6.57. The molecule has 2 saturated heterocycles. The Balaban J connectivity index is 2.06. The average molecular weight is 272 g/mol. The molecule has 3 unspecified atom stereocenters. The molecule has 2 fully saturated rings. The van der Waals surface area contributed by atoms with Gasteiger partial charge in [0.2, 0.25) is 5.91 Å². The van der Waals surface area contributed by atoms with Crippen molar-refractivity contribution in [2.45, 2.75) is 19.0 Å². The van der Waals surface area contributed by atoms with E-state index in [9.17, 15) is 9.59 Å². The summed E-state index contributed by atoms with van der Waals surface area (Å²) in [5.74, 6) is -1.48. The summed E-state index contributed by atoms with van der Waals surface area (Å²) in [5, 5.41) is 12.4. The lowest BCUT2D eigenvalue weighted by Crippen LogP contribution is -2.56. The quantitative estimate of drug-likeness (QED) is 0.677. The van der Waals surface area contributed by atoms with Gasteiger partial charge in [-0.1, -0.05) is 6.92 Å². The van der Waals surface area contributed by atoms with Gasteiger partial charge in [0.05, 0.1) is 32.3 Å². The molecule has 0 saturated carbocycles. The zero-order chi connectivity index (χ0) is 13.8. The third-order valence-electron chi connectivity index (χ3n) is 3.56. The summed E-state index contributed by atoms with van der Waals surface area (Å²) in [4.78, 5) is 25.1. The van der Waals surface area contributed by atoms with Gasteiger partial charge in [-0.15, -0.1) is 0 Å². The molecule has 3 atom stereocenters. The Bertz CT molecular complexity index is 349. The van der Waals surface area contributed by atoms with E-state index >= 15 is 0 Å². The maximum absolute atomic E-state index is 12.5. The molecule has 108 valence electrons. The van der Waals surface area contributed by atoms with Crippen LogP contribution in [-0.4, -0.2) is 73.5 Å². The first-order valence-electron chi connectivity index (χ1n) is 6.57. The lowest BCUT2D eigenvalue weighted by atomic mass is 10.0. The van der Waals surface area contributed by atoms with Gasteiger partial charge >= 0.3 is 5.97 Å². The number of hydrogen-bond donors (Lipinski definition) is 2. The highest BCUT2D eigenvalue weighted by atomic mass is 16.5. The zero-order valence-electron chi connectivity index (χ0n) is 11.0. The highest BCUT2D eigenvalue weighted by Gasteiger charge is 2.41. The van der Waals surface area contributed by atoms with Crippen molar-refractivity contribution in [2.75, 3.05) is 39.5 Å². The van der Waals surface area contributed by atoms with Crippen LogP contribution in [-0.2, 0) is 19.1 Å². The molecule has 1 amide bonds. The van der Waals surface area contributed by atoms with E-state index in [0.717, 1.165) is 6.54 Å². The predicted octanol–water partition coefficient (Wildman–Crippen LogP) is -1.08. The summed E-state index contributed by atoms with van der Waals surface area (Å²) < 4.78 is 10.5. The number of nitrogens with zero attached hydrogens (tertiary/aromatic N) is 1. The number of amides is 1. The van der Waals surface area contributed by atoms with E-state index in [1.807, 2.05) is 6.92 Å². The van der Waals surface area contributed by atoms with Crippen LogP contribution in [0.1, 0.15) is 6.92 Å². The molecule has 2 aliphatic rings. The van der Waals surface area contributed by atoms with Gasteiger partial charge in [0.25, 0.3) is 0 Å². The first-order chi connectivity index (χ1) is 9.15. The van der Waals surface area contributed by atoms with E-state index in [4.69, 9.17) is 14.6 Å². The molecule has 0 aromatic carbocycles. The Kier molecular flexibility index (Phi) is 4.73. The lowest BCUT2D eigenvalue weighted by molar-refractivity contribution is -0.160. The second-order valence-electron chi connectivity index (χ2n) is 4.77. The maximum atomic E-state index is 12.5. The van der Waals surface area contributed by atoms with Crippen LogP contribution in [0.5, 0.6) is 0 Å². The van der Waals surface area contributed by atoms with Crippen LogP contribution in [0.4, 0.5) is 0 Å². The van der Waals surface area contributed by atoms with E-state index in [0.29, 0.717) is 26.4 Å². The molecule has 0 aliphatic carbocycles. The lowest BCUT2D eigenvalue weighted by Gasteiger charge is -2.35. The largest absolute Gasteiger partial charge is 0.480 e. The minimum Gasteiger partial charge on any atom is -0.480 e. The summed E-state index contributed by atoms with van der Waals surface area (Å²) in [6, 6.07) is -0.918. The number of carbonyl (C=O) groups excluding carboxylic acids is 1. The van der Waals surface area contributed by atoms with Crippen molar-refractivity contribution in [3.05, 3.63) is 0 Å². The number of rotatable bonds is 4. The van der Waals surface area contributed by atoms with Gasteiger partial charge in [0.15, 0.2) is 6.04 Å². The predicted molar refractivity (Wildman–Crippen MR) is 65.7 cm³/mol. The third-order valence-corrected chi connectivity index (χ3v) is 3.56. The van der Waals surface area contributed by atoms with Crippen molar-refractivity contribution < 1.29 is 24.2 Å². The smallest absolute Gasteiger partial charge is 0.328 e. The Morgan fingerprint density at radius 3 is 2.79 bits per heavy atom. The molecule has 0 spiro atoms. The Hall–Kier alpha value is -1.18. The summed E-state index contributed by atoms with van der Waals surface area (Å²) in [7, 11) is 0. The van der Waals surface area contributed by atoms with E-state index in [1.165, 1.54) is 4.90 Å². The SMILES string of the molecule is CCNC1COCC1C(=O)N1CCOCC1C(=O)O. The fourth-order valence-electron chi connectivity index (χ4n) is 2.55. The number of hydrogen-bond acceptors (Lipinski definition) is 5. The summed E-state index contributed by atoms with van der Waals surface area (Å²) in [6.07, 6.45) is 0. The Morgan fingerprint density at radius 1 is 1.32 bits per heavy atom. The average Bonchev–Trinajstić information content (AvgIpc) is 2.86. The van der Waals surface area contributed by atoms with Gasteiger partial charge < -0.3 is 24.8 Å². The Labute approximate surface area is 111 Å². The molecule has 0 bridgehead atoms. The highest BCUT2D eigenvalue weighted by molar-refractivity contribution is 5.86. The number of ether oxygens (including phenoxy) is 2. The Morgan fingerprint density at radius 2 is 2.11 bits per heavy atom. The van der Waals surface area contributed by atoms with Crippen molar-refractivity contribution in [1.82, 2.24) is 10.2 Å². The van der Waals surface area contributed by atoms with Gasteiger partial charge in [0, 0.05) is 12.6 Å². The van der Waals surface area contributed by atoms with E-state index in [2.05, 4.69) is 5.32 Å². The van der Waals surface area contributed by atoms with Crippen molar-refractivity contribution in [2.24, 2.45) is 5.92 Å². The molecule has 19 heavy (non-hydrogen) atoms. The van der Waals surface area contributed by atoms with Crippen molar-refractivity contribution in [1.29, 1.82) is 0 Å². The second-order valence-corrected chi connectivity index (χ2v) is 4.77. The molecule has 2 heterocycles. The molecule has 0 radical (unpaired) electrons. The number of nitrogens with one attached hydrogen (secondary N) is 1. The van der Waals surface area contributed by atoms with Crippen LogP contribution >= 0.6 is 0 Å². The van der Waals surface area contributed by atoms with Crippen LogP contribution in [0.2, 0.25) is 0 Å². The number of morpholine rings is 1. The van der Waals surface area contributed by atoms with E-state index in [-0.39, 0.29) is 24.5 Å². The van der Waals surface area contributed by atoms with Crippen molar-refractivity contribution >= 4 is 11.9 Å². The molecule has 2 rings (SSSR count). The molecule has 7 heteroatoms. The topological polar surface area (TPSA) is 88.1 Å². The number of aliphatic carboxylic acids is 1. The summed E-state index contributed by atoms with van der Waals surface area (Å²) in [6.45, 7) is 4.32. The first kappa shape index (κ1) is 14.2. The van der Waals surface area contributed by atoms with Gasteiger partial charge in [-0.2, -0.15) is 0 Å². The molecule has 0 aromatic heterocycles. The van der Waals surface area contributed by atoms with E-state index in [1.54, 1.807) is 0 Å². The monoisotopic (exact) mass is 272 g/mol. The van der Waals surface area contributed by atoms with Crippen LogP contribution in [0, 0.1) is 5.92 Å². The minimum absolute atomic E-state index is 0.0326. The molecule has 2 aliphatic heterocycles. The van der Waals surface area contributed by atoms with Gasteiger partial charge in [-0.3, -0.25) is 4.79 Å². The fourth-order valence-corrected chi connectivity index (χ4v) is 2.55. The summed E-state index contributed by atoms with van der Waals surface area (Å²) in [5.41, 5.74) is 0. The highest BCUT2D eigenvalue weighted by Crippen LogP contribution is 2.20. The van der Waals surface area contributed by atoms with Crippen molar-refractivity contribution in [3.8, 4) is 0 Å². The van der Waals surface area contributed by atoms with Crippen LogP contribution < -0.4 is 5.32 Å². The molecular weight excluding hydrogens is 252 g/mol. The van der Waals surface area contributed by atoms with E-state index < -0.39 is 12.0 Å². The van der Waals surface area contributed by atoms with Crippen LogP contribution in [0.15, 0.2) is 0 Å². The van der Waals surface area contributed by atoms with Gasteiger partial charge in [0.1, 0.15) is 0 Å². The zero-order valence-corrected chi connectivity index (χ0v) is 11.0. The molecule has 2 N–H and O–H groups in total. The molecule has 0 aromatic rings. The number of carbonyl (C=O) groups is 2. The number of carboxylic acids is 1. The number of carboxylic acid groups (broad SMARTS) is 1. The van der Waals surface area contributed by atoms with Crippen LogP contribution in [0.25, 0.3) is 0 Å². The number of likely N-dealkylation sites (N-methyl/N-ethyl adjacent to an activating group) is 1.